The molecule has 0 bridgehead atoms. The molecule has 2 nitrogen and oxygen atoms in total. The fourth-order valence-corrected chi connectivity index (χ4v) is 1.79. The normalized spacial score (nSPS) is 17.7. The topological polar surface area (TPSA) is 32.3 Å². The lowest BCUT2D eigenvalue weighted by atomic mass is 10.1. The van der Waals surface area contributed by atoms with Gasteiger partial charge in [-0.2, -0.15) is 0 Å². The van der Waals surface area contributed by atoms with Crippen molar-refractivity contribution in [2.24, 2.45) is 5.41 Å². The summed E-state index contributed by atoms with van der Waals surface area (Å²) < 4.78 is 0. The average molecular weight is 226 g/mol. The molecule has 0 unspecified atom stereocenters. The molecule has 2 rings (SSSR count). The van der Waals surface area contributed by atoms with Gasteiger partial charge in [0.15, 0.2) is 0 Å². The molecule has 0 spiro atoms. The molecule has 1 aromatic rings. The number of phenols is 1. The molecule has 0 amide bonds. The summed E-state index contributed by atoms with van der Waals surface area (Å²) in [4.78, 5) is 0. The second-order valence-corrected chi connectivity index (χ2v) is 5.07. The lowest BCUT2D eigenvalue weighted by Crippen LogP contribution is -2.21. The number of benzene rings is 1. The quantitative estimate of drug-likeness (QED) is 0.826. The molecule has 0 heterocycles. The van der Waals surface area contributed by atoms with Crippen molar-refractivity contribution in [3.63, 3.8) is 0 Å². The van der Waals surface area contributed by atoms with Crippen molar-refractivity contribution in [2.45, 2.75) is 26.3 Å². The first-order valence-electron chi connectivity index (χ1n) is 5.28. The third kappa shape index (κ3) is 2.64. The fraction of sp³-hybridized carbons (Fsp3) is 0.500. The highest BCUT2D eigenvalue weighted by Crippen LogP contribution is 2.44. The Morgan fingerprint density at radius 3 is 2.87 bits per heavy atom. The molecule has 1 saturated carbocycles. The van der Waals surface area contributed by atoms with Crippen LogP contribution in [0.1, 0.15) is 25.3 Å². The zero-order valence-corrected chi connectivity index (χ0v) is 9.64. The number of halogens is 1. The zero-order chi connectivity index (χ0) is 10.9. The minimum atomic E-state index is 0.201. The minimum absolute atomic E-state index is 0.201. The van der Waals surface area contributed by atoms with E-state index in [1.165, 1.54) is 12.8 Å². The van der Waals surface area contributed by atoms with E-state index in [1.54, 1.807) is 6.07 Å². The summed E-state index contributed by atoms with van der Waals surface area (Å²) in [5, 5.41) is 13.4. The molecule has 0 radical (unpaired) electrons. The molecule has 82 valence electrons. The molecular weight excluding hydrogens is 210 g/mol. The first kappa shape index (κ1) is 10.8. The molecule has 1 aliphatic carbocycles. The summed E-state index contributed by atoms with van der Waals surface area (Å²) in [7, 11) is 0. The number of nitrogens with one attached hydrogen (secondary N) is 1. The second-order valence-electron chi connectivity index (χ2n) is 4.66. The van der Waals surface area contributed by atoms with Gasteiger partial charge in [-0.15, -0.1) is 0 Å². The van der Waals surface area contributed by atoms with Crippen molar-refractivity contribution in [3.8, 4) is 5.75 Å². The number of hydrogen-bond acceptors (Lipinski definition) is 2. The van der Waals surface area contributed by atoms with E-state index < -0.39 is 0 Å². The predicted octanol–water partition coefficient (Wildman–Crippen LogP) is 2.94. The summed E-state index contributed by atoms with van der Waals surface area (Å²) in [6.07, 6.45) is 2.61. The van der Waals surface area contributed by atoms with E-state index in [0.29, 0.717) is 17.0 Å². The number of para-hydroxylation sites is 1. The number of phenolic OH excluding ortho intramolecular Hbond substituents is 1. The van der Waals surface area contributed by atoms with E-state index in [-0.39, 0.29) is 5.75 Å². The van der Waals surface area contributed by atoms with Crippen LogP contribution in [0, 0.1) is 5.41 Å². The molecule has 1 aliphatic rings. The SMILES string of the molecule is CC1(CNCc2cccc(Cl)c2O)CC1. The lowest BCUT2D eigenvalue weighted by molar-refractivity contribution is 0.455. The summed E-state index contributed by atoms with van der Waals surface area (Å²) in [6, 6.07) is 5.45. The van der Waals surface area contributed by atoms with E-state index in [4.69, 9.17) is 11.6 Å². The van der Waals surface area contributed by atoms with Crippen molar-refractivity contribution in [3.05, 3.63) is 28.8 Å². The Labute approximate surface area is 95.3 Å². The Morgan fingerprint density at radius 1 is 1.47 bits per heavy atom. The van der Waals surface area contributed by atoms with Crippen LogP contribution in [0.2, 0.25) is 5.02 Å². The van der Waals surface area contributed by atoms with Crippen LogP contribution in [-0.2, 0) is 6.54 Å². The predicted molar refractivity (Wildman–Crippen MR) is 62.2 cm³/mol. The maximum atomic E-state index is 9.67. The van der Waals surface area contributed by atoms with Crippen LogP contribution >= 0.6 is 11.6 Å². The monoisotopic (exact) mass is 225 g/mol. The smallest absolute Gasteiger partial charge is 0.138 e. The number of aromatic hydroxyl groups is 1. The van der Waals surface area contributed by atoms with Gasteiger partial charge in [-0.25, -0.2) is 0 Å². The Bertz CT molecular complexity index is 361. The summed E-state index contributed by atoms with van der Waals surface area (Å²) in [6.45, 7) is 3.97. The van der Waals surface area contributed by atoms with Gasteiger partial charge >= 0.3 is 0 Å². The second kappa shape index (κ2) is 4.03. The van der Waals surface area contributed by atoms with Gasteiger partial charge in [-0.05, 0) is 24.3 Å². The molecule has 3 heteroatoms. The number of rotatable bonds is 4. The molecule has 2 N–H and O–H groups in total. The highest BCUT2D eigenvalue weighted by Gasteiger charge is 2.36. The van der Waals surface area contributed by atoms with Crippen molar-refractivity contribution < 1.29 is 5.11 Å². The van der Waals surface area contributed by atoms with Gasteiger partial charge in [0.25, 0.3) is 0 Å². The third-order valence-corrected chi connectivity index (χ3v) is 3.35. The third-order valence-electron chi connectivity index (χ3n) is 3.04. The van der Waals surface area contributed by atoms with Gasteiger partial charge in [-0.3, -0.25) is 0 Å². The van der Waals surface area contributed by atoms with E-state index in [1.807, 2.05) is 12.1 Å². The van der Waals surface area contributed by atoms with Crippen LogP contribution in [0.25, 0.3) is 0 Å². The lowest BCUT2D eigenvalue weighted by Gasteiger charge is -2.11. The van der Waals surface area contributed by atoms with Gasteiger partial charge in [0, 0.05) is 18.7 Å². The van der Waals surface area contributed by atoms with Gasteiger partial charge < -0.3 is 10.4 Å². The van der Waals surface area contributed by atoms with Crippen molar-refractivity contribution >= 4 is 11.6 Å². The molecule has 0 atom stereocenters. The first-order chi connectivity index (χ1) is 7.11. The van der Waals surface area contributed by atoms with Crippen molar-refractivity contribution in [2.75, 3.05) is 6.54 Å². The van der Waals surface area contributed by atoms with Crippen LogP contribution in [0.3, 0.4) is 0 Å². The fourth-order valence-electron chi connectivity index (χ4n) is 1.59. The maximum Gasteiger partial charge on any atom is 0.138 e. The number of hydrogen-bond donors (Lipinski definition) is 2. The molecule has 1 fully saturated rings. The van der Waals surface area contributed by atoms with E-state index in [0.717, 1.165) is 12.1 Å². The first-order valence-corrected chi connectivity index (χ1v) is 5.66. The standard InChI is InChI=1S/C12H16ClNO/c1-12(5-6-12)8-14-7-9-3-2-4-10(13)11(9)15/h2-4,14-15H,5-8H2,1H3. The molecule has 0 saturated heterocycles. The van der Waals surface area contributed by atoms with Crippen LogP contribution in [0.4, 0.5) is 0 Å². The Kier molecular flexibility index (Phi) is 2.89. The van der Waals surface area contributed by atoms with E-state index in [2.05, 4.69) is 12.2 Å². The minimum Gasteiger partial charge on any atom is -0.506 e. The van der Waals surface area contributed by atoms with Crippen molar-refractivity contribution in [1.82, 2.24) is 5.32 Å². The van der Waals surface area contributed by atoms with Crippen LogP contribution in [0.15, 0.2) is 18.2 Å². The molecule has 0 aromatic heterocycles. The Morgan fingerprint density at radius 2 is 2.20 bits per heavy atom. The van der Waals surface area contributed by atoms with Gasteiger partial charge in [-0.1, -0.05) is 30.7 Å². The molecule has 15 heavy (non-hydrogen) atoms. The van der Waals surface area contributed by atoms with E-state index >= 15 is 0 Å². The largest absolute Gasteiger partial charge is 0.506 e. The van der Waals surface area contributed by atoms with Crippen molar-refractivity contribution in [1.29, 1.82) is 0 Å². The molecular formula is C12H16ClNO. The van der Waals surface area contributed by atoms with E-state index in [9.17, 15) is 5.11 Å². The summed E-state index contributed by atoms with van der Waals surface area (Å²) in [5.41, 5.74) is 1.36. The van der Waals surface area contributed by atoms with Gasteiger partial charge in [0.2, 0.25) is 0 Å². The van der Waals surface area contributed by atoms with Crippen LogP contribution in [0.5, 0.6) is 5.75 Å². The highest BCUT2D eigenvalue weighted by atomic mass is 35.5. The highest BCUT2D eigenvalue weighted by molar-refractivity contribution is 6.32. The maximum absolute atomic E-state index is 9.67. The molecule has 0 aliphatic heterocycles. The van der Waals surface area contributed by atoms with Crippen LogP contribution in [-0.4, -0.2) is 11.7 Å². The Hall–Kier alpha value is -0.730. The Balaban J connectivity index is 1.90. The summed E-state index contributed by atoms with van der Waals surface area (Å²) in [5.74, 6) is 0.201. The zero-order valence-electron chi connectivity index (χ0n) is 8.89. The average Bonchev–Trinajstić information content (AvgIpc) is 2.92. The molecule has 1 aromatic carbocycles. The summed E-state index contributed by atoms with van der Waals surface area (Å²) >= 11 is 5.82. The van der Waals surface area contributed by atoms with Crippen LogP contribution < -0.4 is 5.32 Å². The van der Waals surface area contributed by atoms with Gasteiger partial charge in [0.1, 0.15) is 5.75 Å². The van der Waals surface area contributed by atoms with Gasteiger partial charge in [0.05, 0.1) is 5.02 Å².